The molecule has 2 aliphatic rings. The van der Waals surface area contributed by atoms with E-state index in [1.54, 1.807) is 6.20 Å². The van der Waals surface area contributed by atoms with Gasteiger partial charge in [0, 0.05) is 64.2 Å². The Labute approximate surface area is 173 Å². The maximum absolute atomic E-state index is 12.8. The van der Waals surface area contributed by atoms with E-state index in [9.17, 15) is 4.79 Å². The van der Waals surface area contributed by atoms with Crippen LogP contribution in [0.1, 0.15) is 22.8 Å². The number of benzene rings is 1. The molecule has 2 aromatic rings. The summed E-state index contributed by atoms with van der Waals surface area (Å²) in [4.78, 5) is 26.4. The van der Waals surface area contributed by atoms with E-state index in [0.717, 1.165) is 64.7 Å². The molecular formula is C23H31N5O. The number of carbonyl (C=O) groups is 1. The highest BCUT2D eigenvalue weighted by Gasteiger charge is 2.22. The predicted octanol–water partition coefficient (Wildman–Crippen LogP) is 2.49. The third-order valence-electron chi connectivity index (χ3n) is 6.07. The molecule has 4 rings (SSSR count). The average molecular weight is 394 g/mol. The Morgan fingerprint density at radius 3 is 2.28 bits per heavy atom. The fourth-order valence-corrected chi connectivity index (χ4v) is 4.17. The molecule has 0 unspecified atom stereocenters. The smallest absolute Gasteiger partial charge is 0.255 e. The molecule has 6 nitrogen and oxygen atoms in total. The molecule has 0 spiro atoms. The Kier molecular flexibility index (Phi) is 6.00. The molecule has 0 bridgehead atoms. The highest BCUT2D eigenvalue weighted by Crippen LogP contribution is 2.20. The number of likely N-dealkylation sites (N-methyl/N-ethyl adjacent to an activating group) is 1. The average Bonchev–Trinajstić information content (AvgIpc) is 2.79. The minimum Gasteiger partial charge on any atom is -0.368 e. The van der Waals surface area contributed by atoms with E-state index in [2.05, 4.69) is 57.8 Å². The van der Waals surface area contributed by atoms with Crippen LogP contribution < -0.4 is 9.80 Å². The van der Waals surface area contributed by atoms with Gasteiger partial charge in [0.05, 0.1) is 5.56 Å². The van der Waals surface area contributed by atoms with E-state index in [4.69, 9.17) is 0 Å². The zero-order valence-electron chi connectivity index (χ0n) is 17.5. The van der Waals surface area contributed by atoms with Crippen LogP contribution in [0.3, 0.4) is 0 Å². The number of piperazine rings is 2. The molecule has 1 amide bonds. The van der Waals surface area contributed by atoms with Gasteiger partial charge in [-0.15, -0.1) is 0 Å². The van der Waals surface area contributed by atoms with Gasteiger partial charge < -0.3 is 19.6 Å². The first-order chi connectivity index (χ1) is 14.1. The van der Waals surface area contributed by atoms with Gasteiger partial charge in [0.25, 0.3) is 5.91 Å². The normalized spacial score (nSPS) is 18.2. The molecule has 1 aromatic heterocycles. The highest BCUT2D eigenvalue weighted by molar-refractivity contribution is 5.94. The molecule has 3 heterocycles. The molecule has 0 aliphatic carbocycles. The van der Waals surface area contributed by atoms with E-state index in [1.165, 1.54) is 11.3 Å². The molecule has 29 heavy (non-hydrogen) atoms. The highest BCUT2D eigenvalue weighted by atomic mass is 16.2. The summed E-state index contributed by atoms with van der Waals surface area (Å²) < 4.78 is 0. The van der Waals surface area contributed by atoms with Crippen molar-refractivity contribution >= 4 is 17.4 Å². The van der Waals surface area contributed by atoms with Crippen LogP contribution in [0.25, 0.3) is 0 Å². The summed E-state index contributed by atoms with van der Waals surface area (Å²) >= 11 is 0. The SMILES string of the molecule is CCN1CCN(C(=O)c2ccc(N3CCN(c4cccc(C)c4)CC3)nc2)CC1. The molecule has 154 valence electrons. The lowest BCUT2D eigenvalue weighted by Gasteiger charge is -2.37. The van der Waals surface area contributed by atoms with Crippen LogP contribution in [-0.2, 0) is 0 Å². The number of anilines is 2. The van der Waals surface area contributed by atoms with Crippen LogP contribution in [0.5, 0.6) is 0 Å². The maximum atomic E-state index is 12.8. The quantitative estimate of drug-likeness (QED) is 0.799. The maximum Gasteiger partial charge on any atom is 0.255 e. The number of amides is 1. The fourth-order valence-electron chi connectivity index (χ4n) is 4.17. The van der Waals surface area contributed by atoms with Crippen molar-refractivity contribution in [1.82, 2.24) is 14.8 Å². The summed E-state index contributed by atoms with van der Waals surface area (Å²) in [5, 5.41) is 0. The van der Waals surface area contributed by atoms with Crippen LogP contribution in [-0.4, -0.2) is 79.6 Å². The fraction of sp³-hybridized carbons (Fsp3) is 0.478. The molecule has 2 aliphatic heterocycles. The van der Waals surface area contributed by atoms with Crippen LogP contribution in [0.4, 0.5) is 11.5 Å². The van der Waals surface area contributed by atoms with Crippen LogP contribution in [0.15, 0.2) is 42.6 Å². The number of hydrogen-bond acceptors (Lipinski definition) is 5. The van der Waals surface area contributed by atoms with E-state index in [0.29, 0.717) is 5.56 Å². The van der Waals surface area contributed by atoms with Crippen molar-refractivity contribution < 1.29 is 4.79 Å². The van der Waals surface area contributed by atoms with Crippen LogP contribution in [0, 0.1) is 6.92 Å². The second kappa shape index (κ2) is 8.82. The minimum atomic E-state index is 0.101. The summed E-state index contributed by atoms with van der Waals surface area (Å²) in [7, 11) is 0. The van der Waals surface area contributed by atoms with Gasteiger partial charge in [0.2, 0.25) is 0 Å². The Bertz CT molecular complexity index is 821. The molecule has 1 aromatic carbocycles. The van der Waals surface area contributed by atoms with Gasteiger partial charge in [-0.05, 0) is 43.3 Å². The number of aryl methyl sites for hydroxylation is 1. The van der Waals surface area contributed by atoms with Gasteiger partial charge in [-0.25, -0.2) is 4.98 Å². The number of pyridine rings is 1. The molecule has 6 heteroatoms. The van der Waals surface area contributed by atoms with E-state index >= 15 is 0 Å². The minimum absolute atomic E-state index is 0.101. The number of carbonyl (C=O) groups excluding carboxylic acids is 1. The Balaban J connectivity index is 1.33. The standard InChI is InChI=1S/C23H31N5O/c1-3-25-9-11-28(12-10-25)23(29)20-7-8-22(24-18-20)27-15-13-26(14-16-27)21-6-4-5-19(2)17-21/h4-8,17-18H,3,9-16H2,1-2H3. The molecule has 0 N–H and O–H groups in total. The van der Waals surface area contributed by atoms with E-state index < -0.39 is 0 Å². The number of rotatable bonds is 4. The van der Waals surface area contributed by atoms with Crippen molar-refractivity contribution in [1.29, 1.82) is 0 Å². The van der Waals surface area contributed by atoms with Gasteiger partial charge in [0.1, 0.15) is 5.82 Å². The third kappa shape index (κ3) is 4.53. The number of hydrogen-bond donors (Lipinski definition) is 0. The summed E-state index contributed by atoms with van der Waals surface area (Å²) in [6.07, 6.45) is 1.75. The Morgan fingerprint density at radius 1 is 0.931 bits per heavy atom. The predicted molar refractivity (Wildman–Crippen MR) is 118 cm³/mol. The largest absolute Gasteiger partial charge is 0.368 e. The summed E-state index contributed by atoms with van der Waals surface area (Å²) in [5.74, 6) is 1.06. The van der Waals surface area contributed by atoms with Gasteiger partial charge >= 0.3 is 0 Å². The van der Waals surface area contributed by atoms with Gasteiger partial charge in [-0.2, -0.15) is 0 Å². The zero-order valence-corrected chi connectivity index (χ0v) is 17.5. The van der Waals surface area contributed by atoms with Crippen molar-refractivity contribution in [3.63, 3.8) is 0 Å². The van der Waals surface area contributed by atoms with Crippen molar-refractivity contribution in [2.75, 3.05) is 68.7 Å². The first kappa shape index (κ1) is 19.7. The van der Waals surface area contributed by atoms with Crippen molar-refractivity contribution in [3.8, 4) is 0 Å². The van der Waals surface area contributed by atoms with Crippen LogP contribution in [0.2, 0.25) is 0 Å². The van der Waals surface area contributed by atoms with Crippen molar-refractivity contribution in [2.45, 2.75) is 13.8 Å². The number of aromatic nitrogens is 1. The van der Waals surface area contributed by atoms with E-state index in [-0.39, 0.29) is 5.91 Å². The lowest BCUT2D eigenvalue weighted by molar-refractivity contribution is 0.0643. The molecule has 0 saturated carbocycles. The first-order valence-corrected chi connectivity index (χ1v) is 10.7. The summed E-state index contributed by atoms with van der Waals surface area (Å²) in [6, 6.07) is 12.6. The van der Waals surface area contributed by atoms with Crippen molar-refractivity contribution in [2.24, 2.45) is 0 Å². The second-order valence-corrected chi connectivity index (χ2v) is 7.94. The monoisotopic (exact) mass is 393 g/mol. The molecule has 2 saturated heterocycles. The first-order valence-electron chi connectivity index (χ1n) is 10.7. The lowest BCUT2D eigenvalue weighted by atomic mass is 10.2. The Morgan fingerprint density at radius 2 is 1.66 bits per heavy atom. The van der Waals surface area contributed by atoms with Gasteiger partial charge in [0.15, 0.2) is 0 Å². The summed E-state index contributed by atoms with van der Waals surface area (Å²) in [5.41, 5.74) is 3.28. The molecular weight excluding hydrogens is 362 g/mol. The molecule has 0 radical (unpaired) electrons. The topological polar surface area (TPSA) is 42.9 Å². The summed E-state index contributed by atoms with van der Waals surface area (Å²) in [6.45, 7) is 12.7. The van der Waals surface area contributed by atoms with Crippen LogP contribution >= 0.6 is 0 Å². The molecule has 2 fully saturated rings. The van der Waals surface area contributed by atoms with Gasteiger partial charge in [-0.1, -0.05) is 19.1 Å². The second-order valence-electron chi connectivity index (χ2n) is 7.94. The van der Waals surface area contributed by atoms with E-state index in [1.807, 2.05) is 17.0 Å². The lowest BCUT2D eigenvalue weighted by Crippen LogP contribution is -2.48. The zero-order chi connectivity index (χ0) is 20.2. The van der Waals surface area contributed by atoms with Gasteiger partial charge in [-0.3, -0.25) is 4.79 Å². The van der Waals surface area contributed by atoms with Crippen molar-refractivity contribution in [3.05, 3.63) is 53.7 Å². The molecule has 0 atom stereocenters. The number of nitrogens with zero attached hydrogens (tertiary/aromatic N) is 5. The third-order valence-corrected chi connectivity index (χ3v) is 6.07. The Hall–Kier alpha value is -2.60.